The number of hydrogen-bond acceptors (Lipinski definition) is 3. The third-order valence-corrected chi connectivity index (χ3v) is 4.56. The number of carbonyl (C=O) groups excluding carboxylic acids is 1. The second kappa shape index (κ2) is 7.75. The zero-order valence-electron chi connectivity index (χ0n) is 13.9. The van der Waals surface area contributed by atoms with Crippen molar-refractivity contribution in [2.45, 2.75) is 39.2 Å². The Morgan fingerprint density at radius 1 is 1.27 bits per heavy atom. The highest BCUT2D eigenvalue weighted by molar-refractivity contribution is 5.83. The molecule has 0 unspecified atom stereocenters. The van der Waals surface area contributed by atoms with Gasteiger partial charge in [0.25, 0.3) is 0 Å². The summed E-state index contributed by atoms with van der Waals surface area (Å²) < 4.78 is 5.31. The standard InChI is InChI=1S/C18H28N2O2/c1-14(2)16-6-4-15(5-7-16)12-20-17(21)18(13-22-3)8-10-19-11-9-18/h4-7,14,19H,8-13H2,1-3H3,(H,20,21). The van der Waals surface area contributed by atoms with Gasteiger partial charge in [-0.1, -0.05) is 38.1 Å². The average Bonchev–Trinajstić information content (AvgIpc) is 2.54. The summed E-state index contributed by atoms with van der Waals surface area (Å²) in [5, 5.41) is 6.40. The summed E-state index contributed by atoms with van der Waals surface area (Å²) in [4.78, 5) is 12.6. The molecule has 1 saturated heterocycles. The summed E-state index contributed by atoms with van der Waals surface area (Å²) in [5.74, 6) is 0.645. The fourth-order valence-electron chi connectivity index (χ4n) is 3.01. The van der Waals surface area contributed by atoms with Gasteiger partial charge in [-0.3, -0.25) is 4.79 Å². The van der Waals surface area contributed by atoms with Crippen LogP contribution in [-0.2, 0) is 16.1 Å². The lowest BCUT2D eigenvalue weighted by Gasteiger charge is -2.35. The van der Waals surface area contributed by atoms with E-state index >= 15 is 0 Å². The van der Waals surface area contributed by atoms with Crippen LogP contribution >= 0.6 is 0 Å². The van der Waals surface area contributed by atoms with Crippen LogP contribution < -0.4 is 10.6 Å². The molecule has 0 aromatic heterocycles. The first kappa shape index (κ1) is 17.0. The van der Waals surface area contributed by atoms with Crippen molar-refractivity contribution in [1.29, 1.82) is 0 Å². The first-order valence-electron chi connectivity index (χ1n) is 8.14. The second-order valence-corrected chi connectivity index (χ2v) is 6.54. The molecule has 1 fully saturated rings. The number of ether oxygens (including phenoxy) is 1. The molecule has 0 spiro atoms. The van der Waals surface area contributed by atoms with Crippen molar-refractivity contribution in [3.05, 3.63) is 35.4 Å². The van der Waals surface area contributed by atoms with Crippen molar-refractivity contribution in [1.82, 2.24) is 10.6 Å². The lowest BCUT2D eigenvalue weighted by molar-refractivity contribution is -0.136. The van der Waals surface area contributed by atoms with Gasteiger partial charge in [0.2, 0.25) is 5.91 Å². The molecule has 1 heterocycles. The lowest BCUT2D eigenvalue weighted by atomic mass is 9.78. The monoisotopic (exact) mass is 304 g/mol. The Hall–Kier alpha value is -1.39. The number of rotatable bonds is 6. The van der Waals surface area contributed by atoms with Gasteiger partial charge in [0.1, 0.15) is 0 Å². The maximum absolute atomic E-state index is 12.6. The van der Waals surface area contributed by atoms with E-state index in [9.17, 15) is 4.79 Å². The topological polar surface area (TPSA) is 50.4 Å². The van der Waals surface area contributed by atoms with Gasteiger partial charge >= 0.3 is 0 Å². The summed E-state index contributed by atoms with van der Waals surface area (Å²) in [7, 11) is 1.67. The highest BCUT2D eigenvalue weighted by atomic mass is 16.5. The largest absolute Gasteiger partial charge is 0.384 e. The molecular formula is C18H28N2O2. The molecule has 2 rings (SSSR count). The van der Waals surface area contributed by atoms with Crippen LogP contribution in [0.4, 0.5) is 0 Å². The normalized spacial score (nSPS) is 17.5. The van der Waals surface area contributed by atoms with Crippen molar-refractivity contribution >= 4 is 5.91 Å². The Kier molecular flexibility index (Phi) is 5.98. The van der Waals surface area contributed by atoms with Gasteiger partial charge in [-0.15, -0.1) is 0 Å². The minimum atomic E-state index is -0.377. The van der Waals surface area contributed by atoms with E-state index in [-0.39, 0.29) is 11.3 Å². The number of nitrogens with one attached hydrogen (secondary N) is 2. The molecule has 1 aliphatic rings. The fourth-order valence-corrected chi connectivity index (χ4v) is 3.01. The summed E-state index contributed by atoms with van der Waals surface area (Å²) in [6, 6.07) is 8.48. The van der Waals surface area contributed by atoms with Crippen molar-refractivity contribution < 1.29 is 9.53 Å². The average molecular weight is 304 g/mol. The first-order valence-corrected chi connectivity index (χ1v) is 8.14. The molecule has 2 N–H and O–H groups in total. The fraction of sp³-hybridized carbons (Fsp3) is 0.611. The number of piperidine rings is 1. The van der Waals surface area contributed by atoms with E-state index < -0.39 is 0 Å². The van der Waals surface area contributed by atoms with Crippen molar-refractivity contribution in [3.8, 4) is 0 Å². The third-order valence-electron chi connectivity index (χ3n) is 4.56. The van der Waals surface area contributed by atoms with Gasteiger partial charge in [0, 0.05) is 13.7 Å². The molecule has 0 bridgehead atoms. The lowest BCUT2D eigenvalue weighted by Crippen LogP contribution is -2.49. The molecule has 0 radical (unpaired) electrons. The molecular weight excluding hydrogens is 276 g/mol. The van der Waals surface area contributed by atoms with E-state index in [0.717, 1.165) is 31.5 Å². The molecule has 1 amide bonds. The van der Waals surface area contributed by atoms with Crippen LogP contribution in [0.25, 0.3) is 0 Å². The second-order valence-electron chi connectivity index (χ2n) is 6.54. The van der Waals surface area contributed by atoms with Gasteiger partial charge < -0.3 is 15.4 Å². The SMILES string of the molecule is COCC1(C(=O)NCc2ccc(C(C)C)cc2)CCNCC1. The van der Waals surface area contributed by atoms with Crippen molar-refractivity contribution in [2.75, 3.05) is 26.8 Å². The minimum Gasteiger partial charge on any atom is -0.384 e. The predicted molar refractivity (Wildman–Crippen MR) is 88.8 cm³/mol. The predicted octanol–water partition coefficient (Wildman–Crippen LogP) is 2.44. The van der Waals surface area contributed by atoms with Crippen molar-refractivity contribution in [3.63, 3.8) is 0 Å². The van der Waals surface area contributed by atoms with Crippen LogP contribution in [0.2, 0.25) is 0 Å². The Labute approximate surface area is 133 Å². The maximum Gasteiger partial charge on any atom is 0.228 e. The molecule has 0 saturated carbocycles. The van der Waals surface area contributed by atoms with Crippen LogP contribution in [0.5, 0.6) is 0 Å². The Bertz CT molecular complexity index is 471. The van der Waals surface area contributed by atoms with E-state index in [0.29, 0.717) is 19.1 Å². The van der Waals surface area contributed by atoms with Gasteiger partial charge in [0.05, 0.1) is 12.0 Å². The summed E-state index contributed by atoms with van der Waals surface area (Å²) >= 11 is 0. The zero-order valence-corrected chi connectivity index (χ0v) is 13.9. The molecule has 22 heavy (non-hydrogen) atoms. The van der Waals surface area contributed by atoms with Gasteiger partial charge in [-0.05, 0) is 43.0 Å². The number of methoxy groups -OCH3 is 1. The van der Waals surface area contributed by atoms with E-state index in [2.05, 4.69) is 48.7 Å². The van der Waals surface area contributed by atoms with Gasteiger partial charge in [-0.2, -0.15) is 0 Å². The van der Waals surface area contributed by atoms with Crippen LogP contribution in [0.3, 0.4) is 0 Å². The van der Waals surface area contributed by atoms with Crippen molar-refractivity contribution in [2.24, 2.45) is 5.41 Å². The third kappa shape index (κ3) is 4.08. The molecule has 4 nitrogen and oxygen atoms in total. The smallest absolute Gasteiger partial charge is 0.228 e. The molecule has 122 valence electrons. The Balaban J connectivity index is 1.95. The van der Waals surface area contributed by atoms with E-state index in [1.54, 1.807) is 7.11 Å². The molecule has 1 aromatic rings. The van der Waals surface area contributed by atoms with Gasteiger partial charge in [0.15, 0.2) is 0 Å². The van der Waals surface area contributed by atoms with Crippen LogP contribution in [0.15, 0.2) is 24.3 Å². The van der Waals surface area contributed by atoms with E-state index in [4.69, 9.17) is 4.74 Å². The summed E-state index contributed by atoms with van der Waals surface area (Å²) in [6.07, 6.45) is 1.66. The van der Waals surface area contributed by atoms with E-state index in [1.165, 1.54) is 5.56 Å². The molecule has 0 atom stereocenters. The molecule has 0 aliphatic carbocycles. The highest BCUT2D eigenvalue weighted by Gasteiger charge is 2.39. The van der Waals surface area contributed by atoms with Crippen LogP contribution in [-0.4, -0.2) is 32.7 Å². The highest BCUT2D eigenvalue weighted by Crippen LogP contribution is 2.29. The maximum atomic E-state index is 12.6. The van der Waals surface area contributed by atoms with E-state index in [1.807, 2.05) is 0 Å². The summed E-state index contributed by atoms with van der Waals surface area (Å²) in [6.45, 7) is 7.19. The Morgan fingerprint density at radius 3 is 2.45 bits per heavy atom. The van der Waals surface area contributed by atoms with Gasteiger partial charge in [-0.25, -0.2) is 0 Å². The number of hydrogen-bond donors (Lipinski definition) is 2. The first-order chi connectivity index (χ1) is 10.6. The molecule has 1 aliphatic heterocycles. The molecule has 4 heteroatoms. The zero-order chi connectivity index (χ0) is 16.0. The van der Waals surface area contributed by atoms with Crippen LogP contribution in [0.1, 0.15) is 43.7 Å². The molecule has 1 aromatic carbocycles. The number of benzene rings is 1. The number of amides is 1. The Morgan fingerprint density at radius 2 is 1.91 bits per heavy atom. The number of carbonyl (C=O) groups is 1. The van der Waals surface area contributed by atoms with Crippen LogP contribution in [0, 0.1) is 5.41 Å². The summed E-state index contributed by atoms with van der Waals surface area (Å²) in [5.41, 5.74) is 2.08. The quantitative estimate of drug-likeness (QED) is 0.849. The minimum absolute atomic E-state index is 0.115.